The van der Waals surface area contributed by atoms with Gasteiger partial charge in [-0.1, -0.05) is 0 Å². The van der Waals surface area contributed by atoms with Gasteiger partial charge in [-0.25, -0.2) is 9.78 Å². The van der Waals surface area contributed by atoms with E-state index in [-0.39, 0.29) is 12.1 Å². The lowest BCUT2D eigenvalue weighted by molar-refractivity contribution is -0.0589. The molecule has 1 aromatic heterocycles. The number of hydrogen-bond acceptors (Lipinski definition) is 4. The summed E-state index contributed by atoms with van der Waals surface area (Å²) >= 11 is 6.01. The molecule has 1 atom stereocenters. The molecule has 0 saturated carbocycles. The van der Waals surface area contributed by atoms with E-state index in [1.54, 1.807) is 6.07 Å². The molecular formula is C15H17ClN2O3. The fourth-order valence-corrected chi connectivity index (χ4v) is 2.82. The second kappa shape index (κ2) is 5.66. The van der Waals surface area contributed by atoms with E-state index < -0.39 is 0 Å². The molecule has 112 valence electrons. The Bertz CT molecular complexity index is 692. The Labute approximate surface area is 127 Å². The third-order valence-electron chi connectivity index (χ3n) is 3.84. The number of benzene rings is 1. The fourth-order valence-electron chi connectivity index (χ4n) is 2.61. The molecule has 1 aromatic carbocycles. The maximum Gasteiger partial charge on any atom is 0.337 e. The number of aromatic nitrogens is 2. The van der Waals surface area contributed by atoms with Crippen molar-refractivity contribution >= 4 is 28.6 Å². The monoisotopic (exact) mass is 308 g/mol. The summed E-state index contributed by atoms with van der Waals surface area (Å²) < 4.78 is 12.4. The molecule has 1 fully saturated rings. The van der Waals surface area contributed by atoms with E-state index in [4.69, 9.17) is 21.1 Å². The minimum atomic E-state index is -0.347. The number of rotatable bonds is 4. The molecule has 3 rings (SSSR count). The highest BCUT2D eigenvalue weighted by Gasteiger charge is 2.22. The lowest BCUT2D eigenvalue weighted by Crippen LogP contribution is -2.31. The first-order valence-electron chi connectivity index (χ1n) is 6.89. The van der Waals surface area contributed by atoms with Gasteiger partial charge in [0.2, 0.25) is 0 Å². The first-order chi connectivity index (χ1) is 10.1. The van der Waals surface area contributed by atoms with Crippen molar-refractivity contribution in [2.45, 2.75) is 31.9 Å². The normalized spacial score (nSPS) is 17.8. The average molecular weight is 309 g/mol. The van der Waals surface area contributed by atoms with E-state index in [1.165, 1.54) is 7.11 Å². The van der Waals surface area contributed by atoms with E-state index in [0.717, 1.165) is 35.4 Å². The van der Waals surface area contributed by atoms with Crippen LogP contribution in [0.2, 0.25) is 0 Å². The van der Waals surface area contributed by atoms with Crippen molar-refractivity contribution < 1.29 is 14.3 Å². The molecule has 0 unspecified atom stereocenters. The molecular weight excluding hydrogens is 292 g/mol. The van der Waals surface area contributed by atoms with Crippen LogP contribution in [0.3, 0.4) is 0 Å². The standard InChI is InChI=1S/C15H17ClN2O3/c1-9-5-10(15(19)20-2)6-12-14(9)17-13(7-16)18(12)8-11-3-4-21-11/h5-6,11H,3-4,7-8H2,1-2H3/t11-/m0/s1. The van der Waals surface area contributed by atoms with Crippen LogP contribution < -0.4 is 0 Å². The molecule has 2 heterocycles. The molecule has 1 aliphatic heterocycles. The lowest BCUT2D eigenvalue weighted by Gasteiger charge is -2.27. The number of halogens is 1. The third kappa shape index (κ3) is 2.51. The average Bonchev–Trinajstić information content (AvgIpc) is 2.80. The van der Waals surface area contributed by atoms with Gasteiger partial charge in [0.15, 0.2) is 0 Å². The Balaban J connectivity index is 2.12. The number of imidazole rings is 1. The summed E-state index contributed by atoms with van der Waals surface area (Å²) in [6, 6.07) is 3.61. The summed E-state index contributed by atoms with van der Waals surface area (Å²) in [4.78, 5) is 16.4. The van der Waals surface area contributed by atoms with Crippen LogP contribution >= 0.6 is 11.6 Å². The molecule has 2 aromatic rings. The van der Waals surface area contributed by atoms with Gasteiger partial charge < -0.3 is 14.0 Å². The number of esters is 1. The first kappa shape index (κ1) is 14.4. The lowest BCUT2D eigenvalue weighted by atomic mass is 10.1. The van der Waals surface area contributed by atoms with Gasteiger partial charge in [0.1, 0.15) is 5.82 Å². The van der Waals surface area contributed by atoms with Crippen molar-refractivity contribution in [1.82, 2.24) is 9.55 Å². The number of carbonyl (C=O) groups is 1. The molecule has 0 amide bonds. The predicted octanol–water partition coefficient (Wildman–Crippen LogP) is 2.66. The van der Waals surface area contributed by atoms with Crippen molar-refractivity contribution in [3.8, 4) is 0 Å². The predicted molar refractivity (Wildman–Crippen MR) is 79.7 cm³/mol. The van der Waals surface area contributed by atoms with E-state index in [1.807, 2.05) is 17.6 Å². The van der Waals surface area contributed by atoms with Crippen molar-refractivity contribution in [3.05, 3.63) is 29.1 Å². The summed E-state index contributed by atoms with van der Waals surface area (Å²) in [5.74, 6) is 0.779. The van der Waals surface area contributed by atoms with E-state index in [9.17, 15) is 4.79 Å². The van der Waals surface area contributed by atoms with Crippen LogP contribution in [-0.4, -0.2) is 35.3 Å². The summed E-state index contributed by atoms with van der Waals surface area (Å²) in [6.45, 7) is 3.45. The number of hydrogen-bond donors (Lipinski definition) is 0. The van der Waals surface area contributed by atoms with E-state index in [2.05, 4.69) is 4.98 Å². The smallest absolute Gasteiger partial charge is 0.337 e. The van der Waals surface area contributed by atoms with Crippen molar-refractivity contribution in [3.63, 3.8) is 0 Å². The molecule has 5 nitrogen and oxygen atoms in total. The number of alkyl halides is 1. The zero-order chi connectivity index (χ0) is 15.0. The highest BCUT2D eigenvalue weighted by atomic mass is 35.5. The minimum Gasteiger partial charge on any atom is -0.465 e. The molecule has 0 spiro atoms. The zero-order valence-electron chi connectivity index (χ0n) is 12.1. The van der Waals surface area contributed by atoms with Crippen LogP contribution in [0.5, 0.6) is 0 Å². The fraction of sp³-hybridized carbons (Fsp3) is 0.467. The van der Waals surface area contributed by atoms with Crippen molar-refractivity contribution in [2.24, 2.45) is 0 Å². The van der Waals surface area contributed by atoms with E-state index in [0.29, 0.717) is 18.0 Å². The number of methoxy groups -OCH3 is 1. The number of ether oxygens (including phenoxy) is 2. The quantitative estimate of drug-likeness (QED) is 0.643. The summed E-state index contributed by atoms with van der Waals surface area (Å²) in [7, 11) is 1.38. The summed E-state index contributed by atoms with van der Waals surface area (Å²) in [5.41, 5.74) is 3.24. The number of nitrogens with zero attached hydrogens (tertiary/aromatic N) is 2. The Morgan fingerprint density at radius 2 is 2.33 bits per heavy atom. The summed E-state index contributed by atoms with van der Waals surface area (Å²) in [6.07, 6.45) is 1.24. The molecule has 0 bridgehead atoms. The highest BCUT2D eigenvalue weighted by Crippen LogP contribution is 2.25. The molecule has 21 heavy (non-hydrogen) atoms. The SMILES string of the molecule is COC(=O)c1cc(C)c2nc(CCl)n(C[C@@H]3CCO3)c2c1. The summed E-state index contributed by atoms with van der Waals surface area (Å²) in [5, 5.41) is 0. The van der Waals surface area contributed by atoms with Crippen LogP contribution in [0.25, 0.3) is 11.0 Å². The van der Waals surface area contributed by atoms with Gasteiger partial charge >= 0.3 is 5.97 Å². The zero-order valence-corrected chi connectivity index (χ0v) is 12.8. The second-order valence-electron chi connectivity index (χ2n) is 5.21. The molecule has 0 aliphatic carbocycles. The Hall–Kier alpha value is -1.59. The van der Waals surface area contributed by atoms with Gasteiger partial charge in [0, 0.05) is 6.61 Å². The Kier molecular flexibility index (Phi) is 3.87. The third-order valence-corrected chi connectivity index (χ3v) is 4.08. The van der Waals surface area contributed by atoms with Gasteiger partial charge in [0.05, 0.1) is 42.2 Å². The van der Waals surface area contributed by atoms with Crippen LogP contribution in [0, 0.1) is 6.92 Å². The van der Waals surface area contributed by atoms with Gasteiger partial charge in [-0.3, -0.25) is 0 Å². The highest BCUT2D eigenvalue weighted by molar-refractivity contribution is 6.16. The van der Waals surface area contributed by atoms with Crippen LogP contribution in [0.15, 0.2) is 12.1 Å². The number of carbonyl (C=O) groups excluding carboxylic acids is 1. The topological polar surface area (TPSA) is 53.3 Å². The van der Waals surface area contributed by atoms with Crippen molar-refractivity contribution in [1.29, 1.82) is 0 Å². The molecule has 0 radical (unpaired) electrons. The Morgan fingerprint density at radius 1 is 1.57 bits per heavy atom. The minimum absolute atomic E-state index is 0.200. The van der Waals surface area contributed by atoms with Gasteiger partial charge in [-0.2, -0.15) is 0 Å². The van der Waals surface area contributed by atoms with Gasteiger partial charge in [0.25, 0.3) is 0 Å². The first-order valence-corrected chi connectivity index (χ1v) is 7.43. The number of fused-ring (bicyclic) bond motifs is 1. The number of aryl methyl sites for hydroxylation is 1. The second-order valence-corrected chi connectivity index (χ2v) is 5.47. The van der Waals surface area contributed by atoms with Crippen LogP contribution in [0.1, 0.15) is 28.2 Å². The Morgan fingerprint density at radius 3 is 2.90 bits per heavy atom. The van der Waals surface area contributed by atoms with E-state index >= 15 is 0 Å². The molecule has 1 aliphatic rings. The largest absolute Gasteiger partial charge is 0.465 e. The maximum absolute atomic E-state index is 11.8. The van der Waals surface area contributed by atoms with Crippen LogP contribution in [-0.2, 0) is 21.9 Å². The maximum atomic E-state index is 11.8. The molecule has 0 N–H and O–H groups in total. The molecule has 1 saturated heterocycles. The van der Waals surface area contributed by atoms with Gasteiger partial charge in [-0.05, 0) is 31.0 Å². The van der Waals surface area contributed by atoms with Gasteiger partial charge in [-0.15, -0.1) is 11.6 Å². The van der Waals surface area contributed by atoms with Crippen LogP contribution in [0.4, 0.5) is 0 Å². The molecule has 6 heteroatoms. The van der Waals surface area contributed by atoms with Crippen molar-refractivity contribution in [2.75, 3.05) is 13.7 Å².